The van der Waals surface area contributed by atoms with E-state index in [0.717, 1.165) is 15.4 Å². The van der Waals surface area contributed by atoms with Gasteiger partial charge in [0, 0.05) is 17.1 Å². The summed E-state index contributed by atoms with van der Waals surface area (Å²) in [5.41, 5.74) is 2.17. The zero-order valence-corrected chi connectivity index (χ0v) is 25.5. The van der Waals surface area contributed by atoms with Gasteiger partial charge in [-0.15, -0.1) is 0 Å². The number of sulfonamides is 1. The van der Waals surface area contributed by atoms with Gasteiger partial charge in [0.1, 0.15) is 12.6 Å². The molecule has 7 nitrogen and oxygen atoms in total. The Morgan fingerprint density at radius 3 is 2.20 bits per heavy atom. The number of nitrogens with one attached hydrogen (secondary N) is 1. The van der Waals surface area contributed by atoms with Crippen molar-refractivity contribution >= 4 is 39.1 Å². The molecular weight excluding hydrogens is 546 g/mol. The number of anilines is 1. The van der Waals surface area contributed by atoms with Gasteiger partial charge in [0.05, 0.1) is 10.6 Å². The minimum Gasteiger partial charge on any atom is -0.350 e. The Balaban J connectivity index is 2.11. The van der Waals surface area contributed by atoms with Gasteiger partial charge in [-0.1, -0.05) is 72.6 Å². The zero-order valence-electron chi connectivity index (χ0n) is 23.9. The summed E-state index contributed by atoms with van der Waals surface area (Å²) >= 11 is 6.38. The van der Waals surface area contributed by atoms with Crippen LogP contribution >= 0.6 is 11.6 Å². The van der Waals surface area contributed by atoms with Gasteiger partial charge >= 0.3 is 0 Å². The van der Waals surface area contributed by atoms with Crippen LogP contribution < -0.4 is 9.62 Å². The Hall–Kier alpha value is -3.36. The Bertz CT molecular complexity index is 1450. The number of benzene rings is 3. The second kappa shape index (κ2) is 12.9. The average Bonchev–Trinajstić information content (AvgIpc) is 2.88. The topological polar surface area (TPSA) is 86.8 Å². The van der Waals surface area contributed by atoms with Gasteiger partial charge in [-0.2, -0.15) is 0 Å². The third kappa shape index (κ3) is 7.64. The second-order valence-electron chi connectivity index (χ2n) is 10.9. The Labute approximate surface area is 243 Å². The lowest BCUT2D eigenvalue weighted by Gasteiger charge is -2.35. The maximum absolute atomic E-state index is 14.2. The second-order valence-corrected chi connectivity index (χ2v) is 13.2. The summed E-state index contributed by atoms with van der Waals surface area (Å²) in [6, 6.07) is 19.8. The highest BCUT2D eigenvalue weighted by Crippen LogP contribution is 2.31. The van der Waals surface area contributed by atoms with E-state index < -0.39 is 34.1 Å². The number of halogens is 1. The first-order valence-electron chi connectivity index (χ1n) is 13.2. The van der Waals surface area contributed by atoms with E-state index in [4.69, 9.17) is 11.6 Å². The number of carbonyl (C=O) groups excluding carboxylic acids is 2. The van der Waals surface area contributed by atoms with E-state index in [9.17, 15) is 18.0 Å². The van der Waals surface area contributed by atoms with Crippen LogP contribution in [0, 0.1) is 13.8 Å². The van der Waals surface area contributed by atoms with Crippen molar-refractivity contribution in [3.8, 4) is 0 Å². The van der Waals surface area contributed by atoms with Gasteiger partial charge in [0.2, 0.25) is 11.8 Å². The number of nitrogens with zero attached hydrogens (tertiary/aromatic N) is 2. The minimum atomic E-state index is -4.16. The fourth-order valence-corrected chi connectivity index (χ4v) is 6.14. The molecule has 0 bridgehead atoms. The number of rotatable bonds is 10. The maximum Gasteiger partial charge on any atom is 0.264 e. The van der Waals surface area contributed by atoms with E-state index in [1.807, 2.05) is 58.9 Å². The van der Waals surface area contributed by atoms with Crippen LogP contribution in [0.4, 0.5) is 5.69 Å². The van der Waals surface area contributed by atoms with Gasteiger partial charge in [0.25, 0.3) is 10.0 Å². The molecule has 0 heterocycles. The average molecular weight is 584 g/mol. The molecule has 3 rings (SSSR count). The van der Waals surface area contributed by atoms with Crippen LogP contribution in [0.25, 0.3) is 0 Å². The van der Waals surface area contributed by atoms with Crippen molar-refractivity contribution in [3.05, 3.63) is 94.5 Å². The molecule has 0 aliphatic carbocycles. The largest absolute Gasteiger partial charge is 0.350 e. The number of aryl methyl sites for hydroxylation is 1. The third-order valence-corrected chi connectivity index (χ3v) is 8.62. The van der Waals surface area contributed by atoms with E-state index in [1.165, 1.54) is 17.0 Å². The van der Waals surface area contributed by atoms with Crippen molar-refractivity contribution in [1.29, 1.82) is 0 Å². The molecule has 1 N–H and O–H groups in total. The van der Waals surface area contributed by atoms with Gasteiger partial charge in [-0.25, -0.2) is 8.42 Å². The molecule has 40 heavy (non-hydrogen) atoms. The van der Waals surface area contributed by atoms with Crippen molar-refractivity contribution in [2.45, 2.75) is 71.0 Å². The summed E-state index contributed by atoms with van der Waals surface area (Å²) in [6.45, 7) is 10.8. The molecular formula is C31H38ClN3O4S. The lowest BCUT2D eigenvalue weighted by atomic mass is 10.0. The summed E-state index contributed by atoms with van der Waals surface area (Å²) in [6.07, 6.45) is 0.348. The first-order valence-corrected chi connectivity index (χ1v) is 15.1. The number of hydrogen-bond acceptors (Lipinski definition) is 4. The van der Waals surface area contributed by atoms with Crippen LogP contribution in [0.1, 0.15) is 50.8 Å². The van der Waals surface area contributed by atoms with Gasteiger partial charge in [-0.05, 0) is 76.4 Å². The Morgan fingerprint density at radius 1 is 0.950 bits per heavy atom. The van der Waals surface area contributed by atoms with Crippen LogP contribution in [0.3, 0.4) is 0 Å². The van der Waals surface area contributed by atoms with Crippen molar-refractivity contribution in [3.63, 3.8) is 0 Å². The van der Waals surface area contributed by atoms with E-state index in [1.54, 1.807) is 43.3 Å². The lowest BCUT2D eigenvalue weighted by Crippen LogP contribution is -2.55. The van der Waals surface area contributed by atoms with E-state index in [2.05, 4.69) is 5.32 Å². The van der Waals surface area contributed by atoms with E-state index >= 15 is 0 Å². The number of hydrogen-bond donors (Lipinski definition) is 1. The fourth-order valence-electron chi connectivity index (χ4n) is 4.48. The Kier molecular flexibility index (Phi) is 10.0. The summed E-state index contributed by atoms with van der Waals surface area (Å²) in [5, 5.41) is 3.36. The molecule has 0 aromatic heterocycles. The predicted octanol–water partition coefficient (Wildman–Crippen LogP) is 5.87. The molecule has 3 aromatic rings. The predicted molar refractivity (Wildman–Crippen MR) is 161 cm³/mol. The van der Waals surface area contributed by atoms with Crippen LogP contribution in [0.2, 0.25) is 5.02 Å². The number of amides is 2. The van der Waals surface area contributed by atoms with Gasteiger partial charge in [0.15, 0.2) is 0 Å². The normalized spacial score (nSPS) is 12.5. The highest BCUT2D eigenvalue weighted by atomic mass is 35.5. The SMILES string of the molecule is CC[C@H](C(=O)NC(C)(C)C)N(Cc1cccc(C)c1)C(=O)CN(c1cccc(Cl)c1C)S(=O)(=O)c1ccccc1. The van der Waals surface area contributed by atoms with E-state index in [-0.39, 0.29) is 17.3 Å². The molecule has 0 radical (unpaired) electrons. The highest BCUT2D eigenvalue weighted by molar-refractivity contribution is 7.92. The van der Waals surface area contributed by atoms with Crippen LogP contribution in [0.15, 0.2) is 77.7 Å². The van der Waals surface area contributed by atoms with Crippen LogP contribution in [-0.4, -0.2) is 43.3 Å². The quantitative estimate of drug-likeness (QED) is 0.323. The zero-order chi connectivity index (χ0) is 29.7. The van der Waals surface area contributed by atoms with Crippen LogP contribution in [0.5, 0.6) is 0 Å². The molecule has 0 saturated carbocycles. The number of carbonyl (C=O) groups is 2. The van der Waals surface area contributed by atoms with Crippen LogP contribution in [-0.2, 0) is 26.2 Å². The van der Waals surface area contributed by atoms with Crippen molar-refractivity contribution < 1.29 is 18.0 Å². The smallest absolute Gasteiger partial charge is 0.264 e. The molecule has 0 aliphatic rings. The van der Waals surface area contributed by atoms with Crippen molar-refractivity contribution in [2.75, 3.05) is 10.8 Å². The molecule has 9 heteroatoms. The molecule has 0 spiro atoms. The van der Waals surface area contributed by atoms with Crippen molar-refractivity contribution in [2.24, 2.45) is 0 Å². The fraction of sp³-hybridized carbons (Fsp3) is 0.355. The highest BCUT2D eigenvalue weighted by Gasteiger charge is 2.35. The van der Waals surface area contributed by atoms with Crippen molar-refractivity contribution in [1.82, 2.24) is 10.2 Å². The Morgan fingerprint density at radius 2 is 1.60 bits per heavy atom. The maximum atomic E-state index is 14.2. The molecule has 0 unspecified atom stereocenters. The standard InChI is InChI=1S/C31H38ClN3O4S/c1-7-27(30(37)33-31(4,5)6)34(20-24-14-11-13-22(2)19-24)29(36)21-35(28-18-12-17-26(32)23(28)3)40(38,39)25-15-9-8-10-16-25/h8-19,27H,7,20-21H2,1-6H3,(H,33,37)/t27-/m1/s1. The molecule has 0 fully saturated rings. The van der Waals surface area contributed by atoms with Gasteiger partial charge in [-0.3, -0.25) is 13.9 Å². The first-order chi connectivity index (χ1) is 18.7. The van der Waals surface area contributed by atoms with E-state index in [0.29, 0.717) is 22.7 Å². The molecule has 214 valence electrons. The van der Waals surface area contributed by atoms with Gasteiger partial charge < -0.3 is 10.2 Å². The summed E-state index contributed by atoms with van der Waals surface area (Å²) in [4.78, 5) is 29.1. The minimum absolute atomic E-state index is 0.0462. The molecule has 2 amide bonds. The monoisotopic (exact) mass is 583 g/mol. The molecule has 1 atom stereocenters. The summed E-state index contributed by atoms with van der Waals surface area (Å²) < 4.78 is 29.0. The third-order valence-electron chi connectivity index (χ3n) is 6.44. The summed E-state index contributed by atoms with van der Waals surface area (Å²) in [7, 11) is -4.16. The summed E-state index contributed by atoms with van der Waals surface area (Å²) in [5.74, 6) is -0.802. The molecule has 0 saturated heterocycles. The first kappa shape index (κ1) is 31.2. The molecule has 3 aromatic carbocycles. The lowest BCUT2D eigenvalue weighted by molar-refractivity contribution is -0.141. The molecule has 0 aliphatic heterocycles.